The van der Waals surface area contributed by atoms with E-state index in [0.29, 0.717) is 5.56 Å². The van der Waals surface area contributed by atoms with Gasteiger partial charge in [0.2, 0.25) is 0 Å². The maximum absolute atomic E-state index is 12.0. The second-order valence-corrected chi connectivity index (χ2v) is 5.44. The highest BCUT2D eigenvalue weighted by atomic mass is 16.1. The van der Waals surface area contributed by atoms with E-state index in [4.69, 9.17) is 0 Å². The summed E-state index contributed by atoms with van der Waals surface area (Å²) in [6.45, 7) is 6.88. The Morgan fingerprint density at radius 3 is 2.24 bits per heavy atom. The molecule has 0 aliphatic heterocycles. The Kier molecular flexibility index (Phi) is 4.29. The zero-order chi connectivity index (χ0) is 13.1. The first kappa shape index (κ1) is 13.7. The number of benzene rings is 1. The average molecular weight is 234 g/mol. The Bertz CT molecular complexity index is 380. The van der Waals surface area contributed by atoms with Gasteiger partial charge >= 0.3 is 0 Å². The standard InChI is InChI=1S/C14H22N2O/c1-11-6-8-12(9-7-11)13(17)15-14(2,3)10-16(4)5/h6-9H,10H2,1-5H3,(H,15,17). The van der Waals surface area contributed by atoms with Crippen molar-refractivity contribution in [3.63, 3.8) is 0 Å². The molecule has 0 bridgehead atoms. The van der Waals surface area contributed by atoms with Crippen molar-refractivity contribution in [2.75, 3.05) is 20.6 Å². The van der Waals surface area contributed by atoms with Crippen LogP contribution in [0.2, 0.25) is 0 Å². The fraction of sp³-hybridized carbons (Fsp3) is 0.500. The van der Waals surface area contributed by atoms with Crippen molar-refractivity contribution >= 4 is 5.91 Å². The molecular formula is C14H22N2O. The molecule has 3 nitrogen and oxygen atoms in total. The molecule has 0 unspecified atom stereocenters. The fourth-order valence-electron chi connectivity index (χ4n) is 1.91. The number of carbonyl (C=O) groups excluding carboxylic acids is 1. The third-order valence-corrected chi connectivity index (χ3v) is 2.48. The summed E-state index contributed by atoms with van der Waals surface area (Å²) in [6.07, 6.45) is 0. The van der Waals surface area contributed by atoms with E-state index in [2.05, 4.69) is 10.2 Å². The van der Waals surface area contributed by atoms with E-state index >= 15 is 0 Å². The first-order valence-electron chi connectivity index (χ1n) is 5.84. The second-order valence-electron chi connectivity index (χ2n) is 5.44. The second kappa shape index (κ2) is 5.32. The van der Waals surface area contributed by atoms with Gasteiger partial charge < -0.3 is 10.2 Å². The molecule has 0 aliphatic rings. The molecule has 1 rings (SSSR count). The molecule has 1 aromatic carbocycles. The Balaban J connectivity index is 2.69. The van der Waals surface area contributed by atoms with Crippen LogP contribution in [0.25, 0.3) is 0 Å². The number of rotatable bonds is 4. The Hall–Kier alpha value is -1.35. The number of carbonyl (C=O) groups is 1. The van der Waals surface area contributed by atoms with Crippen molar-refractivity contribution in [3.05, 3.63) is 35.4 Å². The largest absolute Gasteiger partial charge is 0.346 e. The lowest BCUT2D eigenvalue weighted by atomic mass is 10.0. The molecular weight excluding hydrogens is 212 g/mol. The summed E-state index contributed by atoms with van der Waals surface area (Å²) in [5, 5.41) is 3.04. The van der Waals surface area contributed by atoms with Gasteiger partial charge in [-0.2, -0.15) is 0 Å². The third-order valence-electron chi connectivity index (χ3n) is 2.48. The molecule has 0 saturated carbocycles. The molecule has 0 spiro atoms. The predicted octanol–water partition coefficient (Wildman–Crippen LogP) is 2.07. The topological polar surface area (TPSA) is 32.3 Å². The van der Waals surface area contributed by atoms with Crippen molar-refractivity contribution in [1.82, 2.24) is 10.2 Å². The molecule has 0 aliphatic carbocycles. The van der Waals surface area contributed by atoms with Gasteiger partial charge in [-0.05, 0) is 47.0 Å². The zero-order valence-corrected chi connectivity index (χ0v) is 11.4. The van der Waals surface area contributed by atoms with Gasteiger partial charge in [0, 0.05) is 17.6 Å². The maximum atomic E-state index is 12.0. The van der Waals surface area contributed by atoms with Gasteiger partial charge in [0.1, 0.15) is 0 Å². The van der Waals surface area contributed by atoms with Gasteiger partial charge in [-0.25, -0.2) is 0 Å². The van der Waals surface area contributed by atoms with Crippen LogP contribution in [0.1, 0.15) is 29.8 Å². The lowest BCUT2D eigenvalue weighted by molar-refractivity contribution is 0.0899. The number of hydrogen-bond acceptors (Lipinski definition) is 2. The van der Waals surface area contributed by atoms with Gasteiger partial charge in [-0.1, -0.05) is 17.7 Å². The van der Waals surface area contributed by atoms with Crippen LogP contribution in [-0.2, 0) is 0 Å². The minimum atomic E-state index is -0.231. The number of nitrogens with one attached hydrogen (secondary N) is 1. The van der Waals surface area contributed by atoms with Crippen LogP contribution in [0.4, 0.5) is 0 Å². The van der Waals surface area contributed by atoms with E-state index in [1.54, 1.807) is 0 Å². The highest BCUT2D eigenvalue weighted by Crippen LogP contribution is 2.08. The quantitative estimate of drug-likeness (QED) is 0.865. The first-order chi connectivity index (χ1) is 7.80. The van der Waals surface area contributed by atoms with Gasteiger partial charge in [-0.3, -0.25) is 4.79 Å². The van der Waals surface area contributed by atoms with E-state index < -0.39 is 0 Å². The minimum Gasteiger partial charge on any atom is -0.346 e. The van der Waals surface area contributed by atoms with Crippen molar-refractivity contribution in [2.45, 2.75) is 26.3 Å². The molecule has 1 amide bonds. The molecule has 0 heterocycles. The van der Waals surface area contributed by atoms with Crippen LogP contribution in [0, 0.1) is 6.92 Å². The maximum Gasteiger partial charge on any atom is 0.251 e. The number of nitrogens with zero attached hydrogens (tertiary/aromatic N) is 1. The predicted molar refractivity (Wildman–Crippen MR) is 71.3 cm³/mol. The third kappa shape index (κ3) is 4.57. The van der Waals surface area contributed by atoms with Crippen molar-refractivity contribution < 1.29 is 4.79 Å². The van der Waals surface area contributed by atoms with E-state index in [0.717, 1.165) is 12.1 Å². The number of likely N-dealkylation sites (N-methyl/N-ethyl adjacent to an activating group) is 1. The highest BCUT2D eigenvalue weighted by Gasteiger charge is 2.21. The summed E-state index contributed by atoms with van der Waals surface area (Å²) >= 11 is 0. The van der Waals surface area contributed by atoms with Crippen LogP contribution < -0.4 is 5.32 Å². The van der Waals surface area contributed by atoms with Crippen molar-refractivity contribution in [1.29, 1.82) is 0 Å². The first-order valence-corrected chi connectivity index (χ1v) is 5.84. The number of aryl methyl sites for hydroxylation is 1. The van der Waals surface area contributed by atoms with Gasteiger partial charge in [0.15, 0.2) is 0 Å². The average Bonchev–Trinajstić information content (AvgIpc) is 2.15. The molecule has 0 aromatic heterocycles. The molecule has 0 atom stereocenters. The molecule has 1 aromatic rings. The number of hydrogen-bond donors (Lipinski definition) is 1. The van der Waals surface area contributed by atoms with Crippen molar-refractivity contribution in [3.8, 4) is 0 Å². The minimum absolute atomic E-state index is 0.0168. The molecule has 0 saturated heterocycles. The SMILES string of the molecule is Cc1ccc(C(=O)NC(C)(C)CN(C)C)cc1. The van der Waals surface area contributed by atoms with E-state index in [1.165, 1.54) is 0 Å². The fourth-order valence-corrected chi connectivity index (χ4v) is 1.91. The smallest absolute Gasteiger partial charge is 0.251 e. The van der Waals surface area contributed by atoms with E-state index in [9.17, 15) is 4.79 Å². The van der Waals surface area contributed by atoms with Gasteiger partial charge in [0.25, 0.3) is 5.91 Å². The van der Waals surface area contributed by atoms with Crippen LogP contribution in [-0.4, -0.2) is 37.0 Å². The summed E-state index contributed by atoms with van der Waals surface area (Å²) in [4.78, 5) is 14.1. The van der Waals surface area contributed by atoms with Crippen LogP contribution >= 0.6 is 0 Å². The van der Waals surface area contributed by atoms with Gasteiger partial charge in [0.05, 0.1) is 0 Å². The highest BCUT2D eigenvalue weighted by molar-refractivity contribution is 5.94. The van der Waals surface area contributed by atoms with E-state index in [1.807, 2.05) is 59.1 Å². The van der Waals surface area contributed by atoms with Crippen LogP contribution in [0.3, 0.4) is 0 Å². The van der Waals surface area contributed by atoms with Gasteiger partial charge in [-0.15, -0.1) is 0 Å². The molecule has 1 N–H and O–H groups in total. The summed E-state index contributed by atoms with van der Waals surface area (Å²) in [6, 6.07) is 7.62. The van der Waals surface area contributed by atoms with Crippen LogP contribution in [0.15, 0.2) is 24.3 Å². The Morgan fingerprint density at radius 1 is 1.24 bits per heavy atom. The summed E-state index contributed by atoms with van der Waals surface area (Å²) in [5.74, 6) is -0.0168. The normalized spacial score (nSPS) is 11.6. The molecule has 0 fully saturated rings. The zero-order valence-electron chi connectivity index (χ0n) is 11.4. The van der Waals surface area contributed by atoms with Crippen LogP contribution in [0.5, 0.6) is 0 Å². The summed E-state index contributed by atoms with van der Waals surface area (Å²) in [7, 11) is 4.00. The monoisotopic (exact) mass is 234 g/mol. The van der Waals surface area contributed by atoms with E-state index in [-0.39, 0.29) is 11.4 Å². The molecule has 0 radical (unpaired) electrons. The lowest BCUT2D eigenvalue weighted by Crippen LogP contribution is -2.49. The lowest BCUT2D eigenvalue weighted by Gasteiger charge is -2.29. The Labute approximate surface area is 104 Å². The van der Waals surface area contributed by atoms with Crippen molar-refractivity contribution in [2.24, 2.45) is 0 Å². The molecule has 17 heavy (non-hydrogen) atoms. The molecule has 94 valence electrons. The summed E-state index contributed by atoms with van der Waals surface area (Å²) in [5.41, 5.74) is 1.64. The number of amides is 1. The summed E-state index contributed by atoms with van der Waals surface area (Å²) < 4.78 is 0. The molecule has 3 heteroatoms. The Morgan fingerprint density at radius 2 is 1.76 bits per heavy atom.